The molecule has 6 rings (SSSR count). The second-order valence-corrected chi connectivity index (χ2v) is 16.7. The summed E-state index contributed by atoms with van der Waals surface area (Å²) in [7, 11) is 0.662. The van der Waals surface area contributed by atoms with Gasteiger partial charge >= 0.3 is 26.0 Å². The minimum atomic E-state index is -5.04. The van der Waals surface area contributed by atoms with Gasteiger partial charge in [-0.15, -0.1) is 0 Å². The van der Waals surface area contributed by atoms with Crippen molar-refractivity contribution in [2.24, 2.45) is 14.1 Å². The molecule has 0 spiro atoms. The number of nitrogens with one attached hydrogen (secondary N) is 3. The predicted molar refractivity (Wildman–Crippen MR) is 212 cm³/mol. The van der Waals surface area contributed by atoms with Crippen LogP contribution in [0.25, 0.3) is 20.4 Å². The molecule has 304 valence electrons. The second-order valence-electron chi connectivity index (χ2n) is 13.2. The Kier molecular flexibility index (Phi) is 11.9. The zero-order valence-corrected chi connectivity index (χ0v) is 33.3. The minimum absolute atomic E-state index is 0.0713. The Bertz CT molecular complexity index is 2800. The average Bonchev–Trinajstić information content (AvgIpc) is 3.59. The first-order chi connectivity index (χ1) is 27.3. The fraction of sp³-hybridized carbons (Fsp3) is 0.216. The first kappa shape index (κ1) is 41.7. The van der Waals surface area contributed by atoms with Gasteiger partial charge in [0.15, 0.2) is 0 Å². The van der Waals surface area contributed by atoms with Gasteiger partial charge in [0.2, 0.25) is 11.8 Å². The van der Waals surface area contributed by atoms with Crippen molar-refractivity contribution in [3.05, 3.63) is 127 Å². The van der Waals surface area contributed by atoms with Crippen LogP contribution in [0.2, 0.25) is 0 Å². The zero-order chi connectivity index (χ0) is 42.2. The molecular formula is C37H33F4N7O7S3. The molecule has 21 heteroatoms. The molecule has 0 saturated carbocycles. The van der Waals surface area contributed by atoms with Gasteiger partial charge < -0.3 is 24.3 Å². The van der Waals surface area contributed by atoms with E-state index in [9.17, 15) is 50.0 Å². The molecule has 0 bridgehead atoms. The Morgan fingerprint density at radius 3 is 1.48 bits per heavy atom. The number of carbonyl (C=O) groups excluding carboxylic acids is 3. The molecule has 0 aliphatic carbocycles. The Balaban J connectivity index is 1.26. The molecule has 4 aromatic carbocycles. The fourth-order valence-electron chi connectivity index (χ4n) is 6.20. The molecule has 0 aliphatic heterocycles. The molecule has 4 amide bonds. The number of hydrogen-bond acceptors (Lipinski definition) is 9. The van der Waals surface area contributed by atoms with Gasteiger partial charge in [0, 0.05) is 58.1 Å². The molecule has 14 nitrogen and oxygen atoms in total. The second kappa shape index (κ2) is 16.5. The van der Waals surface area contributed by atoms with Gasteiger partial charge in [-0.3, -0.25) is 19.2 Å². The summed E-state index contributed by atoms with van der Waals surface area (Å²) in [6.07, 6.45) is -1.12. The van der Waals surface area contributed by atoms with Crippen molar-refractivity contribution < 1.29 is 40.4 Å². The smallest absolute Gasteiger partial charge is 0.325 e. The summed E-state index contributed by atoms with van der Waals surface area (Å²) in [5, 5.41) is 2.22. The number of benzene rings is 4. The maximum Gasteiger partial charge on any atom is 0.330 e. The summed E-state index contributed by atoms with van der Waals surface area (Å²) in [5.74, 6) is -5.75. The minimum Gasteiger partial charge on any atom is -0.325 e. The normalized spacial score (nSPS) is 12.7. The van der Waals surface area contributed by atoms with Gasteiger partial charge in [-0.05, 0) is 78.2 Å². The van der Waals surface area contributed by atoms with Gasteiger partial charge in [-0.2, -0.15) is 13.1 Å². The number of likely N-dealkylation sites (N-methyl/N-ethyl adjacent to an activating group) is 2. The lowest BCUT2D eigenvalue weighted by atomic mass is 10.0. The predicted octanol–water partition coefficient (Wildman–Crippen LogP) is 4.05. The van der Waals surface area contributed by atoms with Crippen LogP contribution < -0.4 is 34.3 Å². The van der Waals surface area contributed by atoms with E-state index in [4.69, 9.17) is 0 Å². The molecule has 0 aliphatic rings. The molecule has 3 N–H and O–H groups in total. The van der Waals surface area contributed by atoms with E-state index >= 15 is 0 Å². The Morgan fingerprint density at radius 1 is 0.655 bits per heavy atom. The maximum atomic E-state index is 14.2. The first-order valence-corrected chi connectivity index (χ1v) is 20.1. The average molecular weight is 860 g/mol. The quantitative estimate of drug-likeness (QED) is 0.156. The summed E-state index contributed by atoms with van der Waals surface area (Å²) in [6.45, 7) is 0. The number of hydrogen-bond donors (Lipinski definition) is 3. The van der Waals surface area contributed by atoms with Crippen LogP contribution in [0, 0.1) is 23.3 Å². The maximum absolute atomic E-state index is 14.2. The van der Waals surface area contributed by atoms with E-state index in [1.807, 2.05) is 4.72 Å². The lowest BCUT2D eigenvalue weighted by Crippen LogP contribution is -2.57. The highest BCUT2D eigenvalue weighted by atomic mass is 32.2. The molecule has 0 unspecified atom stereocenters. The van der Waals surface area contributed by atoms with Gasteiger partial charge in [0.1, 0.15) is 35.4 Å². The number of aromatic nitrogens is 2. The van der Waals surface area contributed by atoms with Crippen LogP contribution >= 0.6 is 22.7 Å². The van der Waals surface area contributed by atoms with Crippen LogP contribution in [0.1, 0.15) is 11.1 Å². The number of amides is 4. The molecule has 0 fully saturated rings. The van der Waals surface area contributed by atoms with Gasteiger partial charge in [0.25, 0.3) is 0 Å². The molecular weight excluding hydrogens is 827 g/mol. The van der Waals surface area contributed by atoms with Gasteiger partial charge in [0.05, 0.1) is 20.4 Å². The SMILES string of the molecule is CN(C(=O)[C@H](Cc1cc(F)cc(F)c1)NC(=O)NS(=O)(=O)N[C@@H](Cc1cc(F)cc(F)c1)C(=O)N(C)c1ccc2sc(=O)n(C)c2c1)c1ccc2sc(=O)n(C)c2c1. The number of thiazole rings is 2. The highest BCUT2D eigenvalue weighted by Crippen LogP contribution is 2.26. The summed E-state index contributed by atoms with van der Waals surface area (Å²) < 4.78 is 91.4. The van der Waals surface area contributed by atoms with Crippen LogP contribution in [0.5, 0.6) is 0 Å². The number of carbonyl (C=O) groups is 3. The van der Waals surface area contributed by atoms with Crippen molar-refractivity contribution in [1.29, 1.82) is 0 Å². The summed E-state index contributed by atoms with van der Waals surface area (Å²) in [5.41, 5.74) is 1.26. The third kappa shape index (κ3) is 9.28. The third-order valence-electron chi connectivity index (χ3n) is 9.14. The van der Waals surface area contributed by atoms with E-state index < -0.39 is 76.2 Å². The molecule has 0 saturated heterocycles. The van der Waals surface area contributed by atoms with Crippen LogP contribution in [0.4, 0.5) is 33.7 Å². The number of rotatable bonds is 12. The van der Waals surface area contributed by atoms with Crippen molar-refractivity contribution >= 4 is 82.5 Å². The van der Waals surface area contributed by atoms with Crippen molar-refractivity contribution in [3.8, 4) is 0 Å². The first-order valence-electron chi connectivity index (χ1n) is 17.0. The van der Waals surface area contributed by atoms with Crippen molar-refractivity contribution in [2.75, 3.05) is 23.9 Å². The molecule has 2 atom stereocenters. The molecule has 2 heterocycles. The van der Waals surface area contributed by atoms with Crippen LogP contribution in [0.15, 0.2) is 82.4 Å². The van der Waals surface area contributed by atoms with Crippen molar-refractivity contribution in [1.82, 2.24) is 23.9 Å². The third-order valence-corrected chi connectivity index (χ3v) is 12.2. The zero-order valence-electron chi connectivity index (χ0n) is 30.9. The van der Waals surface area contributed by atoms with Gasteiger partial charge in [-0.25, -0.2) is 27.1 Å². The standard InChI is InChI=1S/C37H33F4N7O7S3/c1-45(25-5-7-31-29(17-25)47(3)36(52)56-31)33(49)27(13-19-9-21(38)15-22(39)10-19)42-35(51)44-58(54,55)43-28(14-20-11-23(40)16-24(41)12-20)34(50)46(2)26-6-8-32-30(18-26)48(4)37(53)57-32/h5-12,15-18,27-28,43H,13-14H2,1-4H3,(H2,42,44,51)/t27-,28-/m0/s1. The van der Waals surface area contributed by atoms with E-state index in [0.717, 1.165) is 56.7 Å². The van der Waals surface area contributed by atoms with E-state index in [1.54, 1.807) is 16.9 Å². The van der Waals surface area contributed by atoms with E-state index in [-0.39, 0.29) is 32.2 Å². The number of nitrogens with zero attached hydrogens (tertiary/aromatic N) is 4. The molecule has 58 heavy (non-hydrogen) atoms. The van der Waals surface area contributed by atoms with E-state index in [0.29, 0.717) is 32.6 Å². The van der Waals surface area contributed by atoms with Crippen LogP contribution in [-0.4, -0.2) is 61.6 Å². The highest BCUT2D eigenvalue weighted by molar-refractivity contribution is 7.88. The van der Waals surface area contributed by atoms with Crippen molar-refractivity contribution in [2.45, 2.75) is 24.9 Å². The number of urea groups is 1. The summed E-state index contributed by atoms with van der Waals surface area (Å²) in [6, 6.07) is 9.16. The summed E-state index contributed by atoms with van der Waals surface area (Å²) >= 11 is 1.95. The number of halogens is 4. The lowest BCUT2D eigenvalue weighted by molar-refractivity contribution is -0.120. The Hall–Kier alpha value is -5.90. The molecule has 0 radical (unpaired) electrons. The number of fused-ring (bicyclic) bond motifs is 2. The monoisotopic (exact) mass is 859 g/mol. The summed E-state index contributed by atoms with van der Waals surface area (Å²) in [4.78, 5) is 67.3. The Labute approximate surface area is 335 Å². The van der Waals surface area contributed by atoms with Crippen LogP contribution in [0.3, 0.4) is 0 Å². The highest BCUT2D eigenvalue weighted by Gasteiger charge is 2.32. The van der Waals surface area contributed by atoms with E-state index in [2.05, 4.69) is 5.32 Å². The fourth-order valence-corrected chi connectivity index (χ4v) is 8.84. The molecule has 2 aromatic heterocycles. The molecule has 6 aromatic rings. The van der Waals surface area contributed by atoms with Gasteiger partial charge in [-0.1, -0.05) is 22.7 Å². The lowest BCUT2D eigenvalue weighted by Gasteiger charge is -2.26. The van der Waals surface area contributed by atoms with Crippen LogP contribution in [-0.2, 0) is 46.7 Å². The number of anilines is 2. The largest absolute Gasteiger partial charge is 0.330 e. The Morgan fingerprint density at radius 2 is 1.05 bits per heavy atom. The van der Waals surface area contributed by atoms with E-state index in [1.165, 1.54) is 61.6 Å². The van der Waals surface area contributed by atoms with Crippen molar-refractivity contribution in [3.63, 3.8) is 0 Å². The topological polar surface area (TPSA) is 172 Å². The number of aryl methyl sites for hydroxylation is 2.